The van der Waals surface area contributed by atoms with Crippen molar-refractivity contribution in [1.29, 1.82) is 0 Å². The van der Waals surface area contributed by atoms with E-state index >= 15 is 0 Å². The maximum Gasteiger partial charge on any atom is 0.248 e. The Morgan fingerprint density at radius 3 is 1.94 bits per heavy atom. The highest BCUT2D eigenvalue weighted by molar-refractivity contribution is 6.07. The van der Waals surface area contributed by atoms with E-state index in [9.17, 15) is 9.90 Å². The maximum atomic E-state index is 11.3. The standard InChI is InChI=1S/C26H28N4O2/c27-26(32)19-9-11-20(12-10-19)29-15-13-28(14-16-29)17-21(31)18-30-24-7-3-1-5-22(24)23-6-2-4-8-25(23)30/h1-12,21,31H,13-18H2,(H2,27,32). The second kappa shape index (κ2) is 8.65. The summed E-state index contributed by atoms with van der Waals surface area (Å²) in [7, 11) is 0. The number of β-amino-alcohol motifs (C(OH)–C–C–N with tert-alkyl or cyclic N) is 1. The fourth-order valence-electron chi connectivity index (χ4n) is 4.79. The van der Waals surface area contributed by atoms with Crippen LogP contribution in [-0.2, 0) is 6.54 Å². The normalized spacial score (nSPS) is 16.0. The van der Waals surface area contributed by atoms with Gasteiger partial charge in [0.05, 0.1) is 12.6 Å². The van der Waals surface area contributed by atoms with Gasteiger partial charge in [-0.15, -0.1) is 0 Å². The van der Waals surface area contributed by atoms with Crippen LogP contribution in [0.4, 0.5) is 5.69 Å². The summed E-state index contributed by atoms with van der Waals surface area (Å²) < 4.78 is 2.24. The van der Waals surface area contributed by atoms with Crippen molar-refractivity contribution >= 4 is 33.4 Å². The first kappa shape index (κ1) is 20.5. The number of nitrogens with two attached hydrogens (primary N) is 1. The smallest absolute Gasteiger partial charge is 0.248 e. The Balaban J connectivity index is 1.23. The molecule has 1 unspecified atom stereocenters. The van der Waals surface area contributed by atoms with Gasteiger partial charge in [-0.3, -0.25) is 9.69 Å². The van der Waals surface area contributed by atoms with Crippen molar-refractivity contribution in [2.24, 2.45) is 5.73 Å². The fraction of sp³-hybridized carbons (Fsp3) is 0.269. The number of hydrogen-bond acceptors (Lipinski definition) is 4. The van der Waals surface area contributed by atoms with Crippen molar-refractivity contribution < 1.29 is 9.90 Å². The molecule has 0 saturated carbocycles. The fourth-order valence-corrected chi connectivity index (χ4v) is 4.79. The predicted molar refractivity (Wildman–Crippen MR) is 129 cm³/mol. The lowest BCUT2D eigenvalue weighted by molar-refractivity contribution is 0.0968. The molecule has 0 bridgehead atoms. The van der Waals surface area contributed by atoms with Crippen LogP contribution in [0.3, 0.4) is 0 Å². The number of primary amides is 1. The summed E-state index contributed by atoms with van der Waals surface area (Å²) in [5, 5.41) is 13.4. The number of hydrogen-bond donors (Lipinski definition) is 2. The Kier molecular flexibility index (Phi) is 5.55. The van der Waals surface area contributed by atoms with E-state index in [0.29, 0.717) is 18.7 Å². The van der Waals surface area contributed by atoms with Crippen LogP contribution in [0.5, 0.6) is 0 Å². The van der Waals surface area contributed by atoms with E-state index in [1.54, 1.807) is 12.1 Å². The molecule has 1 aliphatic heterocycles. The number of aliphatic hydroxyl groups is 1. The summed E-state index contributed by atoms with van der Waals surface area (Å²) in [5.74, 6) is -0.404. The largest absolute Gasteiger partial charge is 0.390 e. The number of rotatable bonds is 6. The number of aromatic nitrogens is 1. The molecule has 1 atom stereocenters. The molecule has 1 amide bonds. The van der Waals surface area contributed by atoms with Gasteiger partial charge in [0, 0.05) is 65.8 Å². The van der Waals surface area contributed by atoms with Crippen molar-refractivity contribution in [2.45, 2.75) is 12.6 Å². The zero-order valence-corrected chi connectivity index (χ0v) is 18.0. The van der Waals surface area contributed by atoms with Gasteiger partial charge in [-0.05, 0) is 36.4 Å². The molecule has 2 heterocycles. The average molecular weight is 429 g/mol. The number of benzene rings is 3. The van der Waals surface area contributed by atoms with Crippen LogP contribution < -0.4 is 10.6 Å². The number of piperazine rings is 1. The summed E-state index contributed by atoms with van der Waals surface area (Å²) >= 11 is 0. The number of carbonyl (C=O) groups excluding carboxylic acids is 1. The van der Waals surface area contributed by atoms with E-state index in [1.807, 2.05) is 12.1 Å². The second-order valence-corrected chi connectivity index (χ2v) is 8.50. The lowest BCUT2D eigenvalue weighted by atomic mass is 10.1. The van der Waals surface area contributed by atoms with Crippen molar-refractivity contribution in [2.75, 3.05) is 37.6 Å². The highest BCUT2D eigenvalue weighted by Crippen LogP contribution is 2.29. The number of aliphatic hydroxyl groups excluding tert-OH is 1. The summed E-state index contributed by atoms with van der Waals surface area (Å²) in [5.41, 5.74) is 9.29. The third-order valence-electron chi connectivity index (χ3n) is 6.43. The minimum absolute atomic E-state index is 0.404. The third kappa shape index (κ3) is 3.95. The van der Waals surface area contributed by atoms with Crippen molar-refractivity contribution in [3.63, 3.8) is 0 Å². The predicted octanol–water partition coefficient (Wildman–Crippen LogP) is 3.08. The summed E-state index contributed by atoms with van der Waals surface area (Å²) in [4.78, 5) is 15.9. The first-order valence-corrected chi connectivity index (χ1v) is 11.1. The van der Waals surface area contributed by atoms with Gasteiger partial charge in [0.2, 0.25) is 5.91 Å². The molecular formula is C26H28N4O2. The van der Waals surface area contributed by atoms with E-state index in [1.165, 1.54) is 10.8 Å². The molecule has 1 aliphatic rings. The number of para-hydroxylation sites is 2. The van der Waals surface area contributed by atoms with Crippen molar-refractivity contribution in [3.8, 4) is 0 Å². The van der Waals surface area contributed by atoms with E-state index in [4.69, 9.17) is 5.73 Å². The van der Waals surface area contributed by atoms with E-state index in [0.717, 1.165) is 42.9 Å². The van der Waals surface area contributed by atoms with Gasteiger partial charge < -0.3 is 20.3 Å². The molecule has 3 N–H and O–H groups in total. The highest BCUT2D eigenvalue weighted by Gasteiger charge is 2.21. The number of carbonyl (C=O) groups is 1. The molecule has 1 aromatic heterocycles. The second-order valence-electron chi connectivity index (χ2n) is 8.50. The zero-order valence-electron chi connectivity index (χ0n) is 18.0. The Hall–Kier alpha value is -3.35. The quantitative estimate of drug-likeness (QED) is 0.495. The van der Waals surface area contributed by atoms with Gasteiger partial charge >= 0.3 is 0 Å². The van der Waals surface area contributed by atoms with Gasteiger partial charge in [-0.1, -0.05) is 36.4 Å². The molecule has 6 nitrogen and oxygen atoms in total. The Morgan fingerprint density at radius 1 is 0.812 bits per heavy atom. The number of fused-ring (bicyclic) bond motifs is 3. The number of amides is 1. The molecule has 164 valence electrons. The molecule has 0 spiro atoms. The topological polar surface area (TPSA) is 74.7 Å². The average Bonchev–Trinajstić information content (AvgIpc) is 3.13. The third-order valence-corrected chi connectivity index (χ3v) is 6.43. The molecule has 4 aromatic rings. The van der Waals surface area contributed by atoms with Gasteiger partial charge in [0.25, 0.3) is 0 Å². The molecule has 32 heavy (non-hydrogen) atoms. The minimum atomic E-state index is -0.449. The SMILES string of the molecule is NC(=O)c1ccc(N2CCN(CC(O)Cn3c4ccccc4c4ccccc43)CC2)cc1. The molecular weight excluding hydrogens is 400 g/mol. The summed E-state index contributed by atoms with van der Waals surface area (Å²) in [6.45, 7) is 4.78. The van der Waals surface area contributed by atoms with Crippen LogP contribution >= 0.6 is 0 Å². The first-order chi connectivity index (χ1) is 15.6. The molecule has 1 fully saturated rings. The summed E-state index contributed by atoms with van der Waals surface area (Å²) in [6, 6.07) is 24.3. The molecule has 1 saturated heterocycles. The number of nitrogens with zero attached hydrogens (tertiary/aromatic N) is 3. The van der Waals surface area contributed by atoms with Crippen molar-refractivity contribution in [1.82, 2.24) is 9.47 Å². The zero-order chi connectivity index (χ0) is 22.1. The first-order valence-electron chi connectivity index (χ1n) is 11.1. The summed E-state index contributed by atoms with van der Waals surface area (Å²) in [6.07, 6.45) is -0.449. The van der Waals surface area contributed by atoms with Gasteiger partial charge in [-0.2, -0.15) is 0 Å². The molecule has 3 aromatic carbocycles. The molecule has 0 aliphatic carbocycles. The number of anilines is 1. The Labute approximate surface area is 187 Å². The Bertz CT molecular complexity index is 1190. The van der Waals surface area contributed by atoms with E-state index < -0.39 is 12.0 Å². The monoisotopic (exact) mass is 428 g/mol. The molecule has 6 heteroatoms. The van der Waals surface area contributed by atoms with Crippen LogP contribution in [-0.4, -0.2) is 59.3 Å². The highest BCUT2D eigenvalue weighted by atomic mass is 16.3. The minimum Gasteiger partial charge on any atom is -0.390 e. The maximum absolute atomic E-state index is 11.3. The van der Waals surface area contributed by atoms with Crippen LogP contribution in [0.25, 0.3) is 21.8 Å². The Morgan fingerprint density at radius 2 is 1.38 bits per heavy atom. The lowest BCUT2D eigenvalue weighted by Gasteiger charge is -2.37. The van der Waals surface area contributed by atoms with Crippen LogP contribution in [0.15, 0.2) is 72.8 Å². The molecule has 5 rings (SSSR count). The van der Waals surface area contributed by atoms with E-state index in [2.05, 4.69) is 62.9 Å². The van der Waals surface area contributed by atoms with E-state index in [-0.39, 0.29) is 0 Å². The molecule has 0 radical (unpaired) electrons. The van der Waals surface area contributed by atoms with Crippen LogP contribution in [0.1, 0.15) is 10.4 Å². The van der Waals surface area contributed by atoms with Gasteiger partial charge in [0.1, 0.15) is 0 Å². The van der Waals surface area contributed by atoms with Gasteiger partial charge in [-0.25, -0.2) is 0 Å². The van der Waals surface area contributed by atoms with Crippen LogP contribution in [0.2, 0.25) is 0 Å². The lowest BCUT2D eigenvalue weighted by Crippen LogP contribution is -2.49. The van der Waals surface area contributed by atoms with Gasteiger partial charge in [0.15, 0.2) is 0 Å². The van der Waals surface area contributed by atoms with Crippen molar-refractivity contribution in [3.05, 3.63) is 78.4 Å². The van der Waals surface area contributed by atoms with Crippen LogP contribution in [0, 0.1) is 0 Å².